The van der Waals surface area contributed by atoms with Crippen LogP contribution in [0.25, 0.3) is 0 Å². The number of sulfone groups is 1. The number of alkyl halides is 3. The summed E-state index contributed by atoms with van der Waals surface area (Å²) in [5.74, 6) is -1.01. The average Bonchev–Trinajstić information content (AvgIpc) is 2.78. The van der Waals surface area contributed by atoms with Crippen LogP contribution in [0.2, 0.25) is 0 Å². The molecule has 0 N–H and O–H groups in total. The molecule has 4 rings (SSSR count). The first-order valence-corrected chi connectivity index (χ1v) is 12.3. The second kappa shape index (κ2) is 8.88. The first kappa shape index (κ1) is 23.4. The SMILES string of the molecule is O=C(C1CCS(=O)(=O)CC1)N1CCN(c2ncc(C(F)(F)F)cn2)CC1c1ccc(F)cc1. The van der Waals surface area contributed by atoms with Gasteiger partial charge in [0.2, 0.25) is 11.9 Å². The van der Waals surface area contributed by atoms with Gasteiger partial charge in [0.05, 0.1) is 23.1 Å². The smallest absolute Gasteiger partial charge is 0.337 e. The zero-order valence-electron chi connectivity index (χ0n) is 17.5. The average molecular weight is 486 g/mol. The normalized spacial score (nSPS) is 21.8. The molecule has 12 heteroatoms. The largest absolute Gasteiger partial charge is 0.419 e. The maximum absolute atomic E-state index is 13.5. The fourth-order valence-electron chi connectivity index (χ4n) is 4.20. The molecular formula is C21H22F4N4O3S. The first-order valence-electron chi connectivity index (χ1n) is 10.4. The van der Waals surface area contributed by atoms with Crippen LogP contribution in [-0.2, 0) is 20.8 Å². The van der Waals surface area contributed by atoms with Gasteiger partial charge in [-0.2, -0.15) is 13.2 Å². The summed E-state index contributed by atoms with van der Waals surface area (Å²) < 4.78 is 75.5. The highest BCUT2D eigenvalue weighted by molar-refractivity contribution is 7.91. The van der Waals surface area contributed by atoms with Crippen LogP contribution in [0.4, 0.5) is 23.5 Å². The van der Waals surface area contributed by atoms with Gasteiger partial charge >= 0.3 is 6.18 Å². The highest BCUT2D eigenvalue weighted by Gasteiger charge is 2.38. The number of nitrogens with zero attached hydrogens (tertiary/aromatic N) is 4. The zero-order chi connectivity index (χ0) is 23.8. The third-order valence-electron chi connectivity index (χ3n) is 6.07. The Hall–Kier alpha value is -2.76. The molecule has 1 aromatic carbocycles. The van der Waals surface area contributed by atoms with E-state index < -0.39 is 39.4 Å². The Morgan fingerprint density at radius 3 is 2.18 bits per heavy atom. The Kier molecular flexibility index (Phi) is 6.30. The molecule has 0 spiro atoms. The van der Waals surface area contributed by atoms with Gasteiger partial charge in [-0.3, -0.25) is 4.79 Å². The Bertz CT molecular complexity index is 1090. The van der Waals surface area contributed by atoms with E-state index in [9.17, 15) is 30.8 Å². The molecule has 178 valence electrons. The van der Waals surface area contributed by atoms with Gasteiger partial charge in [-0.25, -0.2) is 22.8 Å². The number of piperazine rings is 1. The molecule has 0 aliphatic carbocycles. The summed E-state index contributed by atoms with van der Waals surface area (Å²) in [7, 11) is -3.13. The number of benzene rings is 1. The number of anilines is 1. The van der Waals surface area contributed by atoms with Crippen molar-refractivity contribution in [1.82, 2.24) is 14.9 Å². The van der Waals surface area contributed by atoms with E-state index in [1.54, 1.807) is 21.9 Å². The van der Waals surface area contributed by atoms with Gasteiger partial charge in [-0.1, -0.05) is 12.1 Å². The lowest BCUT2D eigenvalue weighted by molar-refractivity contribution is -0.139. The molecule has 0 bridgehead atoms. The van der Waals surface area contributed by atoms with Crippen molar-refractivity contribution in [2.24, 2.45) is 5.92 Å². The Balaban J connectivity index is 1.57. The third-order valence-corrected chi connectivity index (χ3v) is 7.79. The summed E-state index contributed by atoms with van der Waals surface area (Å²) in [6, 6.07) is 5.15. The van der Waals surface area contributed by atoms with Crippen molar-refractivity contribution >= 4 is 21.7 Å². The summed E-state index contributed by atoms with van der Waals surface area (Å²) in [6.07, 6.45) is -2.61. The van der Waals surface area contributed by atoms with Gasteiger partial charge in [0.25, 0.3) is 0 Å². The number of hydrogen-bond acceptors (Lipinski definition) is 6. The van der Waals surface area contributed by atoms with Crippen molar-refractivity contribution in [1.29, 1.82) is 0 Å². The van der Waals surface area contributed by atoms with Crippen molar-refractivity contribution in [2.45, 2.75) is 25.1 Å². The molecule has 3 heterocycles. The number of aromatic nitrogens is 2. The van der Waals surface area contributed by atoms with Crippen LogP contribution >= 0.6 is 0 Å². The van der Waals surface area contributed by atoms with E-state index in [0.717, 1.165) is 12.4 Å². The molecule has 2 aromatic rings. The van der Waals surface area contributed by atoms with Crippen LogP contribution in [0.1, 0.15) is 30.0 Å². The van der Waals surface area contributed by atoms with Crippen LogP contribution in [-0.4, -0.2) is 60.3 Å². The summed E-state index contributed by atoms with van der Waals surface area (Å²) >= 11 is 0. The van der Waals surface area contributed by atoms with E-state index in [1.807, 2.05) is 0 Å². The molecule has 2 aliphatic rings. The fraction of sp³-hybridized carbons (Fsp3) is 0.476. The van der Waals surface area contributed by atoms with Crippen LogP contribution in [0.5, 0.6) is 0 Å². The van der Waals surface area contributed by atoms with Crippen molar-refractivity contribution in [3.05, 3.63) is 53.6 Å². The lowest BCUT2D eigenvalue weighted by atomic mass is 9.96. The van der Waals surface area contributed by atoms with E-state index in [0.29, 0.717) is 12.1 Å². The molecule has 1 unspecified atom stereocenters. The fourth-order valence-corrected chi connectivity index (χ4v) is 5.69. The molecule has 2 aliphatic heterocycles. The van der Waals surface area contributed by atoms with Gasteiger partial charge in [-0.05, 0) is 30.5 Å². The second-order valence-electron chi connectivity index (χ2n) is 8.24. The molecule has 1 atom stereocenters. The maximum atomic E-state index is 13.5. The molecule has 7 nitrogen and oxygen atoms in total. The Morgan fingerprint density at radius 2 is 1.61 bits per heavy atom. The van der Waals surface area contributed by atoms with Crippen molar-refractivity contribution in [2.75, 3.05) is 36.0 Å². The van der Waals surface area contributed by atoms with Gasteiger partial charge in [0.1, 0.15) is 15.7 Å². The standard InChI is InChI=1S/C21H22F4N4O3S/c22-17-3-1-14(2-4-17)18-13-28(20-26-11-16(12-27-20)21(23,24)25)7-8-29(18)19(30)15-5-9-33(31,32)10-6-15/h1-4,11-12,15,18H,5-10,13H2. The van der Waals surface area contributed by atoms with E-state index in [2.05, 4.69) is 9.97 Å². The highest BCUT2D eigenvalue weighted by atomic mass is 32.2. The first-order chi connectivity index (χ1) is 15.5. The number of halogens is 4. The molecule has 1 amide bonds. The van der Waals surface area contributed by atoms with E-state index in [-0.39, 0.29) is 49.3 Å². The minimum atomic E-state index is -4.55. The van der Waals surface area contributed by atoms with Gasteiger partial charge in [-0.15, -0.1) is 0 Å². The maximum Gasteiger partial charge on any atom is 0.419 e. The summed E-state index contributed by atoms with van der Waals surface area (Å²) in [4.78, 5) is 24.3. The number of rotatable bonds is 3. The van der Waals surface area contributed by atoms with Gasteiger partial charge < -0.3 is 9.80 Å². The number of carbonyl (C=O) groups is 1. The third kappa shape index (κ3) is 5.26. The second-order valence-corrected chi connectivity index (χ2v) is 10.5. The molecule has 33 heavy (non-hydrogen) atoms. The van der Waals surface area contributed by atoms with Crippen molar-refractivity contribution in [3.8, 4) is 0 Å². The van der Waals surface area contributed by atoms with E-state index in [4.69, 9.17) is 0 Å². The predicted molar refractivity (Wildman–Crippen MR) is 111 cm³/mol. The minimum Gasteiger partial charge on any atom is -0.337 e. The predicted octanol–water partition coefficient (Wildman–Crippen LogP) is 2.85. The molecular weight excluding hydrogens is 464 g/mol. The van der Waals surface area contributed by atoms with Crippen LogP contribution < -0.4 is 4.90 Å². The molecule has 0 radical (unpaired) electrons. The van der Waals surface area contributed by atoms with Gasteiger partial charge in [0, 0.05) is 37.9 Å². The lowest BCUT2D eigenvalue weighted by Crippen LogP contribution is -2.53. The monoisotopic (exact) mass is 486 g/mol. The number of hydrogen-bond donors (Lipinski definition) is 0. The van der Waals surface area contributed by atoms with Crippen LogP contribution in [0, 0.1) is 11.7 Å². The molecule has 2 fully saturated rings. The zero-order valence-corrected chi connectivity index (χ0v) is 18.3. The lowest BCUT2D eigenvalue weighted by Gasteiger charge is -2.43. The Labute approximate surface area is 188 Å². The van der Waals surface area contributed by atoms with Crippen molar-refractivity contribution < 1.29 is 30.8 Å². The van der Waals surface area contributed by atoms with E-state index in [1.165, 1.54) is 12.1 Å². The summed E-state index contributed by atoms with van der Waals surface area (Å²) in [5.41, 5.74) is -0.299. The van der Waals surface area contributed by atoms with Crippen LogP contribution in [0.15, 0.2) is 36.7 Å². The van der Waals surface area contributed by atoms with Crippen molar-refractivity contribution in [3.63, 3.8) is 0 Å². The highest BCUT2D eigenvalue weighted by Crippen LogP contribution is 2.32. The van der Waals surface area contributed by atoms with E-state index >= 15 is 0 Å². The number of amides is 1. The Morgan fingerprint density at radius 1 is 1.00 bits per heavy atom. The topological polar surface area (TPSA) is 83.5 Å². The minimum absolute atomic E-state index is 0.0377. The molecule has 1 aromatic heterocycles. The van der Waals surface area contributed by atoms with Gasteiger partial charge in [0.15, 0.2) is 0 Å². The molecule has 2 saturated heterocycles. The molecule has 0 saturated carbocycles. The number of carbonyl (C=O) groups excluding carboxylic acids is 1. The quantitative estimate of drug-likeness (QED) is 0.621. The summed E-state index contributed by atoms with van der Waals surface area (Å²) in [6.45, 7) is 0.738. The van der Waals surface area contributed by atoms with Crippen LogP contribution in [0.3, 0.4) is 0 Å². The summed E-state index contributed by atoms with van der Waals surface area (Å²) in [5, 5.41) is 0.